The van der Waals surface area contributed by atoms with Gasteiger partial charge in [0.25, 0.3) is 0 Å². The lowest BCUT2D eigenvalue weighted by atomic mass is 9.95. The van der Waals surface area contributed by atoms with Crippen molar-refractivity contribution in [2.45, 2.75) is 88.9 Å². The SMILES string of the molecule is C[C@@H]1C(N(C)c2nc(OC[C@@]34CCCN3C[C@H](F)C4)nc3c(F)c(Br)c(C(F)(F)F)cc23)CCN1C(=O)OC(C)(C)C. The molecule has 1 amide bonds. The van der Waals surface area contributed by atoms with Crippen LogP contribution in [0.5, 0.6) is 6.01 Å². The number of likely N-dealkylation sites (N-methyl/N-ethyl adjacent to an activating group) is 1. The first-order valence-electron chi connectivity index (χ1n) is 14.0. The Bertz CT molecular complexity index is 1370. The van der Waals surface area contributed by atoms with Gasteiger partial charge in [0.1, 0.15) is 29.7 Å². The first kappa shape index (κ1) is 31.0. The van der Waals surface area contributed by atoms with Gasteiger partial charge < -0.3 is 19.3 Å². The molecule has 42 heavy (non-hydrogen) atoms. The highest BCUT2D eigenvalue weighted by atomic mass is 79.9. The number of ether oxygens (including phenoxy) is 2. The summed E-state index contributed by atoms with van der Waals surface area (Å²) in [5.74, 6) is -1.16. The zero-order chi connectivity index (χ0) is 30.8. The van der Waals surface area contributed by atoms with E-state index >= 15 is 4.39 Å². The van der Waals surface area contributed by atoms with Crippen molar-refractivity contribution >= 4 is 38.7 Å². The van der Waals surface area contributed by atoms with Gasteiger partial charge in [-0.3, -0.25) is 4.90 Å². The van der Waals surface area contributed by atoms with Crippen LogP contribution < -0.4 is 9.64 Å². The Morgan fingerprint density at radius 3 is 2.62 bits per heavy atom. The van der Waals surface area contributed by atoms with Crippen LogP contribution in [0.2, 0.25) is 0 Å². The summed E-state index contributed by atoms with van der Waals surface area (Å²) in [5, 5.41) is -0.147. The predicted molar refractivity (Wildman–Crippen MR) is 150 cm³/mol. The molecule has 1 aromatic carbocycles. The fourth-order valence-corrected chi connectivity index (χ4v) is 7.06. The number of amides is 1. The summed E-state index contributed by atoms with van der Waals surface area (Å²) in [4.78, 5) is 26.8. The van der Waals surface area contributed by atoms with Gasteiger partial charge >= 0.3 is 18.3 Å². The number of anilines is 1. The molecule has 4 atom stereocenters. The van der Waals surface area contributed by atoms with E-state index in [0.717, 1.165) is 25.5 Å². The Labute approximate surface area is 249 Å². The van der Waals surface area contributed by atoms with E-state index in [9.17, 15) is 22.4 Å². The molecular weight excluding hydrogens is 629 g/mol. The van der Waals surface area contributed by atoms with Gasteiger partial charge in [-0.05, 0) is 75.5 Å². The van der Waals surface area contributed by atoms with Crippen LogP contribution in [0.4, 0.5) is 32.6 Å². The number of carbonyl (C=O) groups excluding carboxylic acids is 1. The molecule has 3 fully saturated rings. The Morgan fingerprint density at radius 2 is 1.95 bits per heavy atom. The van der Waals surface area contributed by atoms with Gasteiger partial charge in [0.15, 0.2) is 5.82 Å². The molecule has 3 aliphatic rings. The van der Waals surface area contributed by atoms with Crippen LogP contribution in [0.25, 0.3) is 10.9 Å². The van der Waals surface area contributed by atoms with Crippen molar-refractivity contribution < 1.29 is 36.2 Å². The summed E-state index contributed by atoms with van der Waals surface area (Å²) < 4.78 is 82.3. The quantitative estimate of drug-likeness (QED) is 0.346. The predicted octanol–water partition coefficient (Wildman–Crippen LogP) is 6.34. The number of hydrogen-bond donors (Lipinski definition) is 0. The van der Waals surface area contributed by atoms with Crippen molar-refractivity contribution in [1.82, 2.24) is 19.8 Å². The monoisotopic (exact) mass is 663 g/mol. The number of benzene rings is 1. The third-order valence-electron chi connectivity index (χ3n) is 8.54. The fourth-order valence-electron chi connectivity index (χ4n) is 6.53. The Morgan fingerprint density at radius 1 is 1.24 bits per heavy atom. The third kappa shape index (κ3) is 5.72. The fraction of sp³-hybridized carbons (Fsp3) is 0.679. The summed E-state index contributed by atoms with van der Waals surface area (Å²) in [6.07, 6.45) is -3.95. The molecule has 0 bridgehead atoms. The maximum atomic E-state index is 15.6. The number of halogens is 6. The van der Waals surface area contributed by atoms with Crippen LogP contribution in [0.1, 0.15) is 58.9 Å². The van der Waals surface area contributed by atoms with Crippen LogP contribution in [0, 0.1) is 5.82 Å². The molecule has 1 unspecified atom stereocenters. The molecule has 0 saturated carbocycles. The van der Waals surface area contributed by atoms with Crippen LogP contribution in [0.3, 0.4) is 0 Å². The Kier molecular flexibility index (Phi) is 8.04. The van der Waals surface area contributed by atoms with Crippen molar-refractivity contribution in [3.8, 4) is 6.01 Å². The van der Waals surface area contributed by atoms with Crippen molar-refractivity contribution in [3.63, 3.8) is 0 Å². The average molecular weight is 665 g/mol. The second-order valence-corrected chi connectivity index (χ2v) is 13.3. The first-order chi connectivity index (χ1) is 19.5. The second-order valence-electron chi connectivity index (χ2n) is 12.5. The molecule has 5 rings (SSSR count). The van der Waals surface area contributed by atoms with Crippen LogP contribution in [-0.2, 0) is 10.9 Å². The lowest BCUT2D eigenvalue weighted by Crippen LogP contribution is -2.46. The minimum Gasteiger partial charge on any atom is -0.461 e. The topological polar surface area (TPSA) is 71.0 Å². The largest absolute Gasteiger partial charge is 0.461 e. The number of aromatic nitrogens is 2. The smallest absolute Gasteiger partial charge is 0.417 e. The van der Waals surface area contributed by atoms with E-state index in [1.165, 1.54) is 0 Å². The highest BCUT2D eigenvalue weighted by molar-refractivity contribution is 9.10. The molecule has 1 aromatic heterocycles. The van der Waals surface area contributed by atoms with E-state index < -0.39 is 51.5 Å². The van der Waals surface area contributed by atoms with Gasteiger partial charge in [-0.2, -0.15) is 23.1 Å². The number of hydrogen-bond acceptors (Lipinski definition) is 7. The highest BCUT2D eigenvalue weighted by Gasteiger charge is 2.49. The molecular formula is C28H35BrF5N5O3. The number of rotatable bonds is 5. The number of fused-ring (bicyclic) bond motifs is 2. The third-order valence-corrected chi connectivity index (χ3v) is 9.32. The summed E-state index contributed by atoms with van der Waals surface area (Å²) in [6.45, 7) is 8.58. The summed E-state index contributed by atoms with van der Waals surface area (Å²) in [5.41, 5.74) is -2.77. The zero-order valence-corrected chi connectivity index (χ0v) is 25.8. The summed E-state index contributed by atoms with van der Waals surface area (Å²) in [6, 6.07) is -0.165. The summed E-state index contributed by atoms with van der Waals surface area (Å²) in [7, 11) is 1.64. The van der Waals surface area contributed by atoms with Gasteiger partial charge in [0.2, 0.25) is 0 Å². The standard InChI is InChI=1S/C28H35BrF5N5O3/c1-15-19(7-10-39(15)25(40)42-26(2,3)4)37(5)23-17-11-18(28(32,33)34)20(29)21(31)22(17)35-24(36-23)41-14-27-8-6-9-38(27)13-16(30)12-27/h11,15-16,19H,6-10,12-14H2,1-5H3/t15-,16-,19?,27+/m1/s1. The second kappa shape index (κ2) is 10.9. The van der Waals surface area contributed by atoms with Gasteiger partial charge in [-0.15, -0.1) is 0 Å². The molecule has 3 saturated heterocycles. The highest BCUT2D eigenvalue weighted by Crippen LogP contribution is 2.43. The molecule has 2 aromatic rings. The summed E-state index contributed by atoms with van der Waals surface area (Å²) >= 11 is 2.77. The van der Waals surface area contributed by atoms with Gasteiger partial charge in [0.05, 0.1) is 27.7 Å². The maximum absolute atomic E-state index is 15.6. The molecule has 0 radical (unpaired) electrons. The zero-order valence-electron chi connectivity index (χ0n) is 24.2. The number of carbonyl (C=O) groups is 1. The average Bonchev–Trinajstić information content (AvgIpc) is 3.54. The molecule has 232 valence electrons. The van der Waals surface area contributed by atoms with Crippen LogP contribution in [-0.4, -0.2) is 88.5 Å². The normalized spacial score (nSPS) is 26.6. The molecule has 0 aliphatic carbocycles. The van der Waals surface area contributed by atoms with Gasteiger partial charge in [-0.1, -0.05) is 0 Å². The number of likely N-dealkylation sites (tertiary alicyclic amines) is 1. The molecule has 8 nitrogen and oxygen atoms in total. The minimum atomic E-state index is -4.84. The Balaban J connectivity index is 1.53. The van der Waals surface area contributed by atoms with E-state index in [1.54, 1.807) is 37.6 Å². The Hall–Kier alpha value is -2.48. The maximum Gasteiger partial charge on any atom is 0.417 e. The van der Waals surface area contributed by atoms with E-state index in [-0.39, 0.29) is 35.4 Å². The lowest BCUT2D eigenvalue weighted by molar-refractivity contribution is -0.138. The van der Waals surface area contributed by atoms with Crippen molar-refractivity contribution in [2.75, 3.05) is 38.2 Å². The number of alkyl halides is 4. The molecule has 4 heterocycles. The van der Waals surface area contributed by atoms with Gasteiger partial charge in [0, 0.05) is 31.9 Å². The van der Waals surface area contributed by atoms with Crippen LogP contribution >= 0.6 is 15.9 Å². The first-order valence-corrected chi connectivity index (χ1v) is 14.8. The van der Waals surface area contributed by atoms with Gasteiger partial charge in [-0.25, -0.2) is 13.6 Å². The molecule has 14 heteroatoms. The number of nitrogens with zero attached hydrogens (tertiary/aromatic N) is 5. The van der Waals surface area contributed by atoms with E-state index in [4.69, 9.17) is 9.47 Å². The van der Waals surface area contributed by atoms with Crippen LogP contribution in [0.15, 0.2) is 10.5 Å². The van der Waals surface area contributed by atoms with E-state index in [1.807, 2.05) is 11.8 Å². The van der Waals surface area contributed by atoms with Crippen molar-refractivity contribution in [2.24, 2.45) is 0 Å². The van der Waals surface area contributed by atoms with E-state index in [2.05, 4.69) is 25.9 Å². The molecule has 3 aliphatic heterocycles. The van der Waals surface area contributed by atoms with Crippen molar-refractivity contribution in [3.05, 3.63) is 21.9 Å². The van der Waals surface area contributed by atoms with Crippen molar-refractivity contribution in [1.29, 1.82) is 0 Å². The molecule has 0 N–H and O–H groups in total. The molecule has 0 spiro atoms. The lowest BCUT2D eigenvalue weighted by Gasteiger charge is -2.33. The minimum absolute atomic E-state index is 0.0327. The van der Waals surface area contributed by atoms with E-state index in [0.29, 0.717) is 25.9 Å².